The SMILES string of the molecule is Cc1ccc(N)cc1C(=O)N(C)CC1(c2ccc(Br)cc2)CC1. The minimum absolute atomic E-state index is 0.0400. The molecule has 23 heavy (non-hydrogen) atoms. The maximum atomic E-state index is 12.8. The van der Waals surface area contributed by atoms with Crippen molar-refractivity contribution in [2.24, 2.45) is 0 Å². The van der Waals surface area contributed by atoms with Crippen LogP contribution in [0.5, 0.6) is 0 Å². The summed E-state index contributed by atoms with van der Waals surface area (Å²) in [5.74, 6) is 0.0400. The van der Waals surface area contributed by atoms with Gasteiger partial charge in [-0.25, -0.2) is 0 Å². The Morgan fingerprint density at radius 2 is 1.87 bits per heavy atom. The van der Waals surface area contributed by atoms with Crippen molar-refractivity contribution < 1.29 is 4.79 Å². The van der Waals surface area contributed by atoms with Gasteiger partial charge in [-0.05, 0) is 55.2 Å². The number of carbonyl (C=O) groups excluding carboxylic acids is 1. The average Bonchev–Trinajstić information content (AvgIpc) is 3.30. The molecule has 3 nitrogen and oxygen atoms in total. The molecule has 1 aliphatic rings. The standard InChI is InChI=1S/C19H21BrN2O/c1-13-3-8-16(21)11-17(13)18(23)22(2)12-19(9-10-19)14-4-6-15(20)7-5-14/h3-8,11H,9-10,12,21H2,1-2H3. The van der Waals surface area contributed by atoms with Gasteiger partial charge in [-0.2, -0.15) is 0 Å². The second kappa shape index (κ2) is 6.00. The highest BCUT2D eigenvalue weighted by molar-refractivity contribution is 9.10. The van der Waals surface area contributed by atoms with Crippen LogP contribution in [0.4, 0.5) is 5.69 Å². The number of benzene rings is 2. The molecule has 0 saturated heterocycles. The molecule has 0 heterocycles. The Kier molecular flexibility index (Phi) is 4.19. The minimum Gasteiger partial charge on any atom is -0.399 e. The highest BCUT2D eigenvalue weighted by Gasteiger charge is 2.45. The van der Waals surface area contributed by atoms with Gasteiger partial charge in [-0.3, -0.25) is 4.79 Å². The number of carbonyl (C=O) groups is 1. The fraction of sp³-hybridized carbons (Fsp3) is 0.316. The number of nitrogens with zero attached hydrogens (tertiary/aromatic N) is 1. The van der Waals surface area contributed by atoms with Crippen molar-refractivity contribution in [1.29, 1.82) is 0 Å². The molecule has 2 aromatic rings. The zero-order chi connectivity index (χ0) is 16.6. The number of amides is 1. The number of hydrogen-bond donors (Lipinski definition) is 1. The molecule has 0 aromatic heterocycles. The molecule has 4 heteroatoms. The van der Waals surface area contributed by atoms with E-state index in [9.17, 15) is 4.79 Å². The summed E-state index contributed by atoms with van der Waals surface area (Å²) in [7, 11) is 1.88. The second-order valence-electron chi connectivity index (χ2n) is 6.52. The summed E-state index contributed by atoms with van der Waals surface area (Å²) in [6.45, 7) is 2.68. The lowest BCUT2D eigenvalue weighted by Gasteiger charge is -2.25. The van der Waals surface area contributed by atoms with E-state index < -0.39 is 0 Å². The quantitative estimate of drug-likeness (QED) is 0.819. The van der Waals surface area contributed by atoms with Crippen LogP contribution in [0.25, 0.3) is 0 Å². The molecule has 0 aliphatic heterocycles. The van der Waals surface area contributed by atoms with Crippen LogP contribution in [-0.4, -0.2) is 24.4 Å². The molecule has 0 atom stereocenters. The molecule has 0 radical (unpaired) electrons. The first-order chi connectivity index (χ1) is 10.9. The minimum atomic E-state index is 0.0400. The molecule has 0 bridgehead atoms. The Labute approximate surface area is 145 Å². The third-order valence-corrected chi connectivity index (χ3v) is 5.22. The van der Waals surface area contributed by atoms with E-state index in [1.54, 1.807) is 6.07 Å². The number of nitrogen functional groups attached to an aromatic ring is 1. The van der Waals surface area contributed by atoms with Crippen molar-refractivity contribution in [3.8, 4) is 0 Å². The van der Waals surface area contributed by atoms with Gasteiger partial charge in [0.15, 0.2) is 0 Å². The van der Waals surface area contributed by atoms with E-state index in [-0.39, 0.29) is 11.3 Å². The summed E-state index contributed by atoms with van der Waals surface area (Å²) in [5.41, 5.74) is 9.54. The first-order valence-corrected chi connectivity index (χ1v) is 8.58. The van der Waals surface area contributed by atoms with Gasteiger partial charge in [0.25, 0.3) is 5.91 Å². The van der Waals surface area contributed by atoms with Crippen molar-refractivity contribution >= 4 is 27.5 Å². The van der Waals surface area contributed by atoms with Gasteiger partial charge in [0.1, 0.15) is 0 Å². The fourth-order valence-electron chi connectivity index (χ4n) is 3.09. The number of rotatable bonds is 4. The molecule has 1 aliphatic carbocycles. The van der Waals surface area contributed by atoms with E-state index in [0.29, 0.717) is 11.3 Å². The van der Waals surface area contributed by atoms with Crippen LogP contribution in [0.15, 0.2) is 46.9 Å². The predicted molar refractivity (Wildman–Crippen MR) is 97.6 cm³/mol. The van der Waals surface area contributed by atoms with E-state index in [1.165, 1.54) is 5.56 Å². The molecule has 0 spiro atoms. The van der Waals surface area contributed by atoms with Crippen LogP contribution in [0.1, 0.15) is 34.3 Å². The summed E-state index contributed by atoms with van der Waals surface area (Å²) in [4.78, 5) is 14.6. The molecule has 1 amide bonds. The van der Waals surface area contributed by atoms with Crippen LogP contribution in [0.3, 0.4) is 0 Å². The van der Waals surface area contributed by atoms with Gasteiger partial charge in [0.2, 0.25) is 0 Å². The maximum Gasteiger partial charge on any atom is 0.253 e. The molecule has 3 rings (SSSR count). The average molecular weight is 373 g/mol. The van der Waals surface area contributed by atoms with Crippen LogP contribution in [0.2, 0.25) is 0 Å². The zero-order valence-electron chi connectivity index (χ0n) is 13.5. The first-order valence-electron chi connectivity index (χ1n) is 7.79. The summed E-state index contributed by atoms with van der Waals surface area (Å²) in [5, 5.41) is 0. The first kappa shape index (κ1) is 16.1. The van der Waals surface area contributed by atoms with Crippen molar-refractivity contribution in [2.75, 3.05) is 19.3 Å². The Hall–Kier alpha value is -1.81. The highest BCUT2D eigenvalue weighted by Crippen LogP contribution is 2.48. The van der Waals surface area contributed by atoms with Crippen molar-refractivity contribution in [2.45, 2.75) is 25.2 Å². The fourth-order valence-corrected chi connectivity index (χ4v) is 3.36. The number of likely N-dealkylation sites (N-methyl/N-ethyl adjacent to an activating group) is 1. The lowest BCUT2D eigenvalue weighted by Crippen LogP contribution is -2.34. The van der Waals surface area contributed by atoms with Crippen LogP contribution >= 0.6 is 15.9 Å². The topological polar surface area (TPSA) is 46.3 Å². The number of aryl methyl sites for hydroxylation is 1. The Bertz CT molecular complexity index is 736. The Morgan fingerprint density at radius 3 is 2.48 bits per heavy atom. The van der Waals surface area contributed by atoms with Gasteiger partial charge in [-0.1, -0.05) is 34.1 Å². The second-order valence-corrected chi connectivity index (χ2v) is 7.44. The lowest BCUT2D eigenvalue weighted by molar-refractivity contribution is 0.0781. The molecular weight excluding hydrogens is 352 g/mol. The smallest absolute Gasteiger partial charge is 0.253 e. The van der Waals surface area contributed by atoms with Gasteiger partial charge >= 0.3 is 0 Å². The van der Waals surface area contributed by atoms with Crippen LogP contribution in [-0.2, 0) is 5.41 Å². The van der Waals surface area contributed by atoms with E-state index in [0.717, 1.165) is 29.4 Å². The molecule has 2 N–H and O–H groups in total. The Balaban J connectivity index is 1.78. The number of hydrogen-bond acceptors (Lipinski definition) is 2. The lowest BCUT2D eigenvalue weighted by atomic mass is 9.95. The normalized spacial score (nSPS) is 15.3. The summed E-state index contributed by atoms with van der Waals surface area (Å²) < 4.78 is 1.08. The third kappa shape index (κ3) is 3.27. The summed E-state index contributed by atoms with van der Waals surface area (Å²) >= 11 is 3.48. The third-order valence-electron chi connectivity index (χ3n) is 4.69. The number of anilines is 1. The number of nitrogens with two attached hydrogens (primary N) is 1. The Morgan fingerprint density at radius 1 is 1.22 bits per heavy atom. The molecule has 0 unspecified atom stereocenters. The monoisotopic (exact) mass is 372 g/mol. The zero-order valence-corrected chi connectivity index (χ0v) is 15.1. The summed E-state index contributed by atoms with van der Waals surface area (Å²) in [6.07, 6.45) is 2.25. The van der Waals surface area contributed by atoms with E-state index in [1.807, 2.05) is 31.0 Å². The number of halogens is 1. The van der Waals surface area contributed by atoms with Gasteiger partial charge in [-0.15, -0.1) is 0 Å². The van der Waals surface area contributed by atoms with Gasteiger partial charge < -0.3 is 10.6 Å². The predicted octanol–water partition coefficient (Wildman–Crippen LogP) is 4.14. The molecule has 120 valence electrons. The van der Waals surface area contributed by atoms with E-state index >= 15 is 0 Å². The van der Waals surface area contributed by atoms with Crippen LogP contribution < -0.4 is 5.73 Å². The van der Waals surface area contributed by atoms with Crippen molar-refractivity contribution in [3.63, 3.8) is 0 Å². The molecule has 1 fully saturated rings. The molecular formula is C19H21BrN2O. The largest absolute Gasteiger partial charge is 0.399 e. The van der Waals surface area contributed by atoms with Crippen LogP contribution in [0, 0.1) is 6.92 Å². The van der Waals surface area contributed by atoms with Crippen molar-refractivity contribution in [1.82, 2.24) is 4.90 Å². The molecule has 1 saturated carbocycles. The van der Waals surface area contributed by atoms with Crippen molar-refractivity contribution in [3.05, 3.63) is 63.6 Å². The highest BCUT2D eigenvalue weighted by atomic mass is 79.9. The summed E-state index contributed by atoms with van der Waals surface area (Å²) in [6, 6.07) is 13.9. The molecule has 2 aromatic carbocycles. The van der Waals surface area contributed by atoms with E-state index in [4.69, 9.17) is 5.73 Å². The van der Waals surface area contributed by atoms with Gasteiger partial charge in [0.05, 0.1) is 0 Å². The maximum absolute atomic E-state index is 12.8. The van der Waals surface area contributed by atoms with Gasteiger partial charge in [0, 0.05) is 34.7 Å². The van der Waals surface area contributed by atoms with E-state index in [2.05, 4.69) is 40.2 Å².